The molecule has 2 N–H and O–H groups in total. The van der Waals surface area contributed by atoms with Crippen molar-refractivity contribution in [3.63, 3.8) is 0 Å². The Bertz CT molecular complexity index is 1010. The highest BCUT2D eigenvalue weighted by Crippen LogP contribution is 2.23. The molecule has 3 aromatic heterocycles. The molecule has 4 aromatic rings. The molecular weight excluding hydrogens is 382 g/mol. The molecule has 0 atom stereocenters. The lowest BCUT2D eigenvalue weighted by Gasteiger charge is -2.02. The summed E-state index contributed by atoms with van der Waals surface area (Å²) in [7, 11) is 0. The Morgan fingerprint density at radius 1 is 1.15 bits per heavy atom. The number of amides is 2. The first-order valence-corrected chi connectivity index (χ1v) is 9.86. The van der Waals surface area contributed by atoms with Gasteiger partial charge in [0.05, 0.1) is 11.4 Å². The van der Waals surface area contributed by atoms with E-state index in [9.17, 15) is 4.79 Å². The van der Waals surface area contributed by atoms with Gasteiger partial charge in [0.15, 0.2) is 11.0 Å². The van der Waals surface area contributed by atoms with E-state index in [-0.39, 0.29) is 12.6 Å². The van der Waals surface area contributed by atoms with Gasteiger partial charge in [-0.2, -0.15) is 4.98 Å². The van der Waals surface area contributed by atoms with Gasteiger partial charge < -0.3 is 9.84 Å². The third kappa shape index (κ3) is 4.57. The van der Waals surface area contributed by atoms with Crippen LogP contribution in [0.25, 0.3) is 10.8 Å². The summed E-state index contributed by atoms with van der Waals surface area (Å²) < 4.78 is 5.19. The van der Waals surface area contributed by atoms with Crippen LogP contribution in [-0.2, 0) is 13.0 Å². The Morgan fingerprint density at radius 2 is 2.04 bits per heavy atom. The first-order chi connectivity index (χ1) is 13.3. The highest BCUT2D eigenvalue weighted by Gasteiger charge is 2.11. The molecule has 0 unspecified atom stereocenters. The van der Waals surface area contributed by atoms with Crippen LogP contribution >= 0.6 is 22.7 Å². The van der Waals surface area contributed by atoms with Crippen LogP contribution in [0.5, 0.6) is 0 Å². The molecule has 0 aliphatic rings. The molecule has 7 nitrogen and oxygen atoms in total. The molecule has 3 heterocycles. The van der Waals surface area contributed by atoms with E-state index in [2.05, 4.69) is 37.9 Å². The molecule has 0 aliphatic carbocycles. The number of urea groups is 1. The van der Waals surface area contributed by atoms with Crippen LogP contribution in [0.3, 0.4) is 0 Å². The first-order valence-electron chi connectivity index (χ1n) is 8.16. The summed E-state index contributed by atoms with van der Waals surface area (Å²) in [6.45, 7) is 0.170. The zero-order valence-corrected chi connectivity index (χ0v) is 15.7. The summed E-state index contributed by atoms with van der Waals surface area (Å²) >= 11 is 2.96. The quantitative estimate of drug-likeness (QED) is 0.509. The monoisotopic (exact) mass is 397 g/mol. The maximum absolute atomic E-state index is 12.0. The lowest BCUT2D eigenvalue weighted by Crippen LogP contribution is -2.28. The second kappa shape index (κ2) is 8.11. The topological polar surface area (TPSA) is 92.9 Å². The summed E-state index contributed by atoms with van der Waals surface area (Å²) in [4.78, 5) is 22.5. The van der Waals surface area contributed by atoms with Gasteiger partial charge in [0.1, 0.15) is 0 Å². The minimum atomic E-state index is -0.363. The Labute approximate surface area is 163 Å². The normalized spacial score (nSPS) is 10.7. The fourth-order valence-corrected chi connectivity index (χ4v) is 3.86. The van der Waals surface area contributed by atoms with Crippen molar-refractivity contribution in [3.05, 3.63) is 70.3 Å². The molecule has 4 rings (SSSR count). The number of aromatic nitrogens is 3. The van der Waals surface area contributed by atoms with Gasteiger partial charge in [0.25, 0.3) is 5.89 Å². The molecule has 0 radical (unpaired) electrons. The van der Waals surface area contributed by atoms with Crippen LogP contribution < -0.4 is 10.6 Å². The van der Waals surface area contributed by atoms with E-state index in [1.165, 1.54) is 28.2 Å². The molecule has 136 valence electrons. The van der Waals surface area contributed by atoms with Crippen LogP contribution in [0, 0.1) is 0 Å². The zero-order chi connectivity index (χ0) is 18.5. The largest absolute Gasteiger partial charge is 0.333 e. The summed E-state index contributed by atoms with van der Waals surface area (Å²) in [6, 6.07) is 13.6. The Kier molecular flexibility index (Phi) is 5.22. The van der Waals surface area contributed by atoms with Crippen molar-refractivity contribution in [2.24, 2.45) is 0 Å². The molecule has 2 amide bonds. The number of carbonyl (C=O) groups excluding carboxylic acids is 1. The molecule has 9 heteroatoms. The lowest BCUT2D eigenvalue weighted by molar-refractivity contribution is 0.251. The number of benzene rings is 1. The molecule has 1 aromatic carbocycles. The average molecular weight is 397 g/mol. The molecular formula is C18H15N5O2S2. The third-order valence-electron chi connectivity index (χ3n) is 3.60. The number of nitrogens with zero attached hydrogens (tertiary/aromatic N) is 3. The van der Waals surface area contributed by atoms with Gasteiger partial charge in [0.2, 0.25) is 0 Å². The standard InChI is InChI=1S/C18H15N5O2S2/c24-17(19-11-15-21-16(25-23-15)14-7-4-8-26-14)22-18-20-10-13(27-18)9-12-5-2-1-3-6-12/h1-8,10H,9,11H2,(H2,19,20,22,24). The number of carbonyl (C=O) groups is 1. The van der Waals surface area contributed by atoms with Crippen molar-refractivity contribution in [1.82, 2.24) is 20.4 Å². The number of nitrogens with one attached hydrogen (secondary N) is 2. The van der Waals surface area contributed by atoms with Gasteiger partial charge in [0, 0.05) is 17.5 Å². The predicted molar refractivity (Wildman–Crippen MR) is 105 cm³/mol. The van der Waals surface area contributed by atoms with Crippen molar-refractivity contribution < 1.29 is 9.32 Å². The number of hydrogen-bond donors (Lipinski definition) is 2. The van der Waals surface area contributed by atoms with Gasteiger partial charge in [-0.05, 0) is 17.0 Å². The second-order valence-corrected chi connectivity index (χ2v) is 7.66. The summed E-state index contributed by atoms with van der Waals surface area (Å²) in [5.41, 5.74) is 1.20. The summed E-state index contributed by atoms with van der Waals surface area (Å²) in [5.74, 6) is 0.866. The Balaban J connectivity index is 1.28. The minimum Gasteiger partial charge on any atom is -0.333 e. The van der Waals surface area contributed by atoms with E-state index in [1.807, 2.05) is 35.7 Å². The number of thiophene rings is 1. The van der Waals surface area contributed by atoms with Crippen molar-refractivity contribution in [2.45, 2.75) is 13.0 Å². The van der Waals surface area contributed by atoms with Crippen LogP contribution in [0.1, 0.15) is 16.3 Å². The molecule has 0 saturated heterocycles. The fourth-order valence-electron chi connectivity index (χ4n) is 2.37. The summed E-state index contributed by atoms with van der Waals surface area (Å²) in [5, 5.41) is 11.8. The van der Waals surface area contributed by atoms with Crippen LogP contribution in [0.15, 0.2) is 58.6 Å². The highest BCUT2D eigenvalue weighted by atomic mass is 32.1. The molecule has 0 aliphatic heterocycles. The molecule has 0 spiro atoms. The number of anilines is 1. The minimum absolute atomic E-state index is 0.170. The van der Waals surface area contributed by atoms with Gasteiger partial charge in [-0.15, -0.1) is 22.7 Å². The van der Waals surface area contributed by atoms with E-state index in [0.29, 0.717) is 16.8 Å². The SMILES string of the molecule is O=C(NCc1noc(-c2cccs2)n1)Nc1ncc(Cc2ccccc2)s1. The van der Waals surface area contributed by atoms with Crippen molar-refractivity contribution in [2.75, 3.05) is 5.32 Å². The molecule has 0 fully saturated rings. The number of thiazole rings is 1. The fraction of sp³-hybridized carbons (Fsp3) is 0.111. The van der Waals surface area contributed by atoms with E-state index < -0.39 is 0 Å². The first kappa shape index (κ1) is 17.4. The van der Waals surface area contributed by atoms with Crippen LogP contribution in [0.4, 0.5) is 9.93 Å². The Hall–Kier alpha value is -3.04. The smallest absolute Gasteiger partial charge is 0.321 e. The molecule has 27 heavy (non-hydrogen) atoms. The van der Waals surface area contributed by atoms with Gasteiger partial charge in [-0.3, -0.25) is 5.32 Å². The van der Waals surface area contributed by atoms with Crippen LogP contribution in [-0.4, -0.2) is 21.2 Å². The zero-order valence-electron chi connectivity index (χ0n) is 14.1. The third-order valence-corrected chi connectivity index (χ3v) is 5.37. The van der Waals surface area contributed by atoms with Gasteiger partial charge in [-0.25, -0.2) is 9.78 Å². The second-order valence-electron chi connectivity index (χ2n) is 5.59. The molecule has 0 bridgehead atoms. The van der Waals surface area contributed by atoms with Crippen molar-refractivity contribution in [3.8, 4) is 10.8 Å². The van der Waals surface area contributed by atoms with E-state index in [1.54, 1.807) is 6.20 Å². The number of hydrogen-bond acceptors (Lipinski definition) is 7. The van der Waals surface area contributed by atoms with Crippen molar-refractivity contribution >= 4 is 33.8 Å². The average Bonchev–Trinajstić information content (AvgIpc) is 3.43. The van der Waals surface area contributed by atoms with E-state index >= 15 is 0 Å². The maximum atomic E-state index is 12.0. The summed E-state index contributed by atoms with van der Waals surface area (Å²) in [6.07, 6.45) is 2.57. The van der Waals surface area contributed by atoms with Gasteiger partial charge >= 0.3 is 6.03 Å². The Morgan fingerprint density at radius 3 is 2.85 bits per heavy atom. The lowest BCUT2D eigenvalue weighted by atomic mass is 10.1. The van der Waals surface area contributed by atoms with E-state index in [4.69, 9.17) is 4.52 Å². The van der Waals surface area contributed by atoms with Gasteiger partial charge in [-0.1, -0.05) is 41.6 Å². The predicted octanol–water partition coefficient (Wildman–Crippen LogP) is 4.17. The highest BCUT2D eigenvalue weighted by molar-refractivity contribution is 7.15. The van der Waals surface area contributed by atoms with E-state index in [0.717, 1.165) is 16.2 Å². The van der Waals surface area contributed by atoms with Crippen LogP contribution in [0.2, 0.25) is 0 Å². The van der Waals surface area contributed by atoms with Crippen molar-refractivity contribution in [1.29, 1.82) is 0 Å². The number of rotatable bonds is 6. The maximum Gasteiger partial charge on any atom is 0.321 e. The molecule has 0 saturated carbocycles.